The van der Waals surface area contributed by atoms with Crippen molar-refractivity contribution in [3.63, 3.8) is 0 Å². The summed E-state index contributed by atoms with van der Waals surface area (Å²) < 4.78 is 35.9. The molecule has 5 aliphatic rings. The molecular formula is C50H59N9O8S. The molecule has 358 valence electrons. The third-order valence-electron chi connectivity index (χ3n) is 15.4. The number of benzene rings is 2. The number of H-pyrrole nitrogens is 1. The number of ether oxygens (including phenoxy) is 1. The molecule has 2 aromatic carbocycles. The first kappa shape index (κ1) is 45.7. The van der Waals surface area contributed by atoms with Crippen LogP contribution in [0, 0.1) is 21.4 Å². The minimum Gasteiger partial charge on any atom is -0.455 e. The summed E-state index contributed by atoms with van der Waals surface area (Å²) in [7, 11) is -4.65. The molecule has 5 aromatic rings. The van der Waals surface area contributed by atoms with Gasteiger partial charge in [-0.1, -0.05) is 24.3 Å². The maximum absolute atomic E-state index is 14.0. The number of aromatic amines is 1. The van der Waals surface area contributed by atoms with E-state index >= 15 is 0 Å². The fourth-order valence-electron chi connectivity index (χ4n) is 11.1. The standard InChI is InChI=1S/C50H59N9O8S/c1-32(60)57-21-22-58(44(31-57)41-6-4-3-5-40(41)34-7-8-34)37-26-50(27-37)16-19-56(20-17-50)36-9-10-42(45(24-36)67-38-23-35-13-18-51-46(35)53-29-38)48(61)55-68(65,66)39-25-43(59(63)64)47(54-30-39)52-28-33-11-14-49(2,62)15-12-33/h3-6,9-10,13,18,23-25,29-30,33-34,37,44,62H,7-8,11-12,14-17,19-22,26-28,31H2,1-2H3,(H,51,53)(H,52,54)(H,55,61)/t33-,44-,49-/m1/s1. The third kappa shape index (κ3) is 9.50. The fourth-order valence-corrected chi connectivity index (χ4v) is 12.0. The monoisotopic (exact) mass is 945 g/mol. The molecule has 1 spiro atoms. The number of piperazine rings is 1. The van der Waals surface area contributed by atoms with Gasteiger partial charge in [0.05, 0.1) is 34.5 Å². The van der Waals surface area contributed by atoms with E-state index in [0.29, 0.717) is 49.3 Å². The highest BCUT2D eigenvalue weighted by Crippen LogP contribution is 2.54. The van der Waals surface area contributed by atoms with Crippen molar-refractivity contribution < 1.29 is 32.8 Å². The first-order valence-corrected chi connectivity index (χ1v) is 25.4. The SMILES string of the molecule is CC(=O)N1CCN(C2CC3(CCN(c4ccc(C(=O)NS(=O)(=O)c5cnc(NC[C@H]6CC[C@](C)(O)CC6)c([N+](=O)[O-])c5)c(Oc5cnc6[nH]ccc6c5)c4)CC3)C2)[C@@H](c2ccccc2C2CC2)C1. The van der Waals surface area contributed by atoms with E-state index < -0.39 is 37.0 Å². The van der Waals surface area contributed by atoms with Gasteiger partial charge < -0.3 is 29.9 Å². The van der Waals surface area contributed by atoms with Crippen LogP contribution in [0.3, 0.4) is 0 Å². The summed E-state index contributed by atoms with van der Waals surface area (Å²) in [5.41, 5.74) is 3.16. The smallest absolute Gasteiger partial charge is 0.312 e. The van der Waals surface area contributed by atoms with Crippen LogP contribution in [0.2, 0.25) is 0 Å². The number of nitro groups is 1. The van der Waals surface area contributed by atoms with Crippen LogP contribution >= 0.6 is 0 Å². The summed E-state index contributed by atoms with van der Waals surface area (Å²) in [6, 6.07) is 19.0. The van der Waals surface area contributed by atoms with Gasteiger partial charge in [-0.25, -0.2) is 23.1 Å². The van der Waals surface area contributed by atoms with Crippen LogP contribution < -0.4 is 19.7 Å². The maximum atomic E-state index is 14.0. The van der Waals surface area contributed by atoms with Gasteiger partial charge in [0.25, 0.3) is 15.9 Å². The van der Waals surface area contributed by atoms with Crippen LogP contribution in [0.1, 0.15) is 112 Å². The Morgan fingerprint density at radius 1 is 0.941 bits per heavy atom. The predicted octanol–water partition coefficient (Wildman–Crippen LogP) is 7.66. The summed E-state index contributed by atoms with van der Waals surface area (Å²) in [5.74, 6) is 0.296. The summed E-state index contributed by atoms with van der Waals surface area (Å²) in [6.45, 7) is 7.74. The van der Waals surface area contributed by atoms with Crippen molar-refractivity contribution in [1.82, 2.24) is 29.5 Å². The molecule has 17 nitrogen and oxygen atoms in total. The Morgan fingerprint density at radius 3 is 2.41 bits per heavy atom. The molecule has 18 heteroatoms. The van der Waals surface area contributed by atoms with Gasteiger partial charge in [0, 0.05) is 81.6 Å². The minimum atomic E-state index is -4.65. The minimum absolute atomic E-state index is 0.0586. The van der Waals surface area contributed by atoms with Gasteiger partial charge in [-0.3, -0.25) is 24.6 Å². The number of sulfonamides is 1. The second kappa shape index (κ2) is 18.1. The van der Waals surface area contributed by atoms with E-state index in [2.05, 4.69) is 59.1 Å². The quantitative estimate of drug-likeness (QED) is 0.0660. The number of pyridine rings is 2. The Morgan fingerprint density at radius 2 is 1.69 bits per heavy atom. The van der Waals surface area contributed by atoms with E-state index in [9.17, 15) is 33.2 Å². The zero-order valence-electron chi connectivity index (χ0n) is 38.5. The molecule has 1 atom stereocenters. The number of nitrogens with one attached hydrogen (secondary N) is 3. The molecule has 0 radical (unpaired) electrons. The highest BCUT2D eigenvalue weighted by atomic mass is 32.2. The number of carbonyl (C=O) groups is 2. The predicted molar refractivity (Wildman–Crippen MR) is 256 cm³/mol. The number of aromatic nitrogens is 3. The van der Waals surface area contributed by atoms with Gasteiger partial charge >= 0.3 is 5.69 Å². The number of aliphatic hydroxyl groups is 1. The average Bonchev–Trinajstić information content (AvgIpc) is 4.06. The van der Waals surface area contributed by atoms with Crippen LogP contribution in [-0.4, -0.2) is 106 Å². The van der Waals surface area contributed by atoms with Gasteiger partial charge in [0.1, 0.15) is 22.0 Å². The Balaban J connectivity index is 0.838. The van der Waals surface area contributed by atoms with Gasteiger partial charge in [-0.2, -0.15) is 0 Å². The number of carbonyl (C=O) groups excluding carboxylic acids is 2. The number of amides is 2. The van der Waals surface area contributed by atoms with Gasteiger partial charge in [-0.15, -0.1) is 0 Å². The third-order valence-corrected chi connectivity index (χ3v) is 16.7. The summed E-state index contributed by atoms with van der Waals surface area (Å²) in [6.07, 6.45) is 13.6. The number of hydrogen-bond acceptors (Lipinski definition) is 13. The van der Waals surface area contributed by atoms with E-state index in [1.807, 2.05) is 11.0 Å². The van der Waals surface area contributed by atoms with Crippen LogP contribution in [0.4, 0.5) is 17.2 Å². The molecule has 5 heterocycles. The Hall–Kier alpha value is -6.11. The molecule has 2 aliphatic heterocycles. The van der Waals surface area contributed by atoms with Crippen LogP contribution in [0.5, 0.6) is 11.5 Å². The van der Waals surface area contributed by atoms with Crippen molar-refractivity contribution in [3.05, 3.63) is 106 Å². The summed E-state index contributed by atoms with van der Waals surface area (Å²) >= 11 is 0. The molecule has 2 saturated heterocycles. The lowest BCUT2D eigenvalue weighted by molar-refractivity contribution is -0.384. The van der Waals surface area contributed by atoms with Gasteiger partial charge in [0.2, 0.25) is 11.7 Å². The number of piperidine rings is 1. The van der Waals surface area contributed by atoms with E-state index in [4.69, 9.17) is 4.74 Å². The molecule has 4 N–H and O–H groups in total. The zero-order valence-corrected chi connectivity index (χ0v) is 39.3. The maximum Gasteiger partial charge on any atom is 0.312 e. The molecule has 10 rings (SSSR count). The lowest BCUT2D eigenvalue weighted by Gasteiger charge is -2.58. The van der Waals surface area contributed by atoms with E-state index in [0.717, 1.165) is 88.0 Å². The summed E-state index contributed by atoms with van der Waals surface area (Å²) in [5, 5.41) is 26.2. The Kier molecular flexibility index (Phi) is 12.1. The van der Waals surface area contributed by atoms with E-state index in [1.54, 1.807) is 44.3 Å². The molecular weight excluding hydrogens is 887 g/mol. The Bertz CT molecular complexity index is 2840. The number of fused-ring (bicyclic) bond motifs is 1. The summed E-state index contributed by atoms with van der Waals surface area (Å²) in [4.78, 5) is 56.1. The molecule has 0 unspecified atom stereocenters. The first-order chi connectivity index (χ1) is 32.6. The molecule has 5 fully saturated rings. The highest BCUT2D eigenvalue weighted by Gasteiger charge is 2.50. The van der Waals surface area contributed by atoms with Crippen molar-refractivity contribution in [2.45, 2.75) is 107 Å². The second-order valence-electron chi connectivity index (χ2n) is 20.1. The lowest BCUT2D eigenvalue weighted by atomic mass is 9.59. The molecule has 3 saturated carbocycles. The van der Waals surface area contributed by atoms with E-state index in [1.165, 1.54) is 30.2 Å². The second-order valence-corrected chi connectivity index (χ2v) is 21.8. The number of rotatable bonds is 13. The molecule has 3 aliphatic carbocycles. The van der Waals surface area contributed by atoms with Crippen molar-refractivity contribution in [2.75, 3.05) is 49.5 Å². The Labute approximate surface area is 395 Å². The molecule has 2 amide bonds. The fraction of sp³-hybridized carbons (Fsp3) is 0.480. The molecule has 68 heavy (non-hydrogen) atoms. The van der Waals surface area contributed by atoms with Crippen molar-refractivity contribution in [1.29, 1.82) is 0 Å². The average molecular weight is 946 g/mol. The number of anilines is 2. The van der Waals surface area contributed by atoms with E-state index in [-0.39, 0.29) is 40.4 Å². The first-order valence-electron chi connectivity index (χ1n) is 23.9. The van der Waals surface area contributed by atoms with Crippen molar-refractivity contribution >= 4 is 50.1 Å². The van der Waals surface area contributed by atoms with Gasteiger partial charge in [-0.05, 0) is 124 Å². The van der Waals surface area contributed by atoms with Crippen LogP contribution in [0.15, 0.2) is 84.1 Å². The lowest BCUT2D eigenvalue weighted by Crippen LogP contribution is -2.60. The number of nitrogens with zero attached hydrogens (tertiary/aromatic N) is 6. The molecule has 0 bridgehead atoms. The van der Waals surface area contributed by atoms with Gasteiger partial charge in [0.15, 0.2) is 0 Å². The largest absolute Gasteiger partial charge is 0.455 e. The zero-order chi connectivity index (χ0) is 47.4. The topological polar surface area (TPSA) is 216 Å². The normalized spacial score (nSPS) is 23.3. The van der Waals surface area contributed by atoms with Crippen molar-refractivity contribution in [2.24, 2.45) is 11.3 Å². The van der Waals surface area contributed by atoms with Crippen LogP contribution in [0.25, 0.3) is 11.0 Å². The molecule has 3 aromatic heterocycles. The highest BCUT2D eigenvalue weighted by molar-refractivity contribution is 7.90. The van der Waals surface area contributed by atoms with Crippen LogP contribution in [-0.2, 0) is 14.8 Å². The number of hydrogen-bond donors (Lipinski definition) is 4. The van der Waals surface area contributed by atoms with Crippen molar-refractivity contribution in [3.8, 4) is 11.5 Å².